The first-order chi connectivity index (χ1) is 23.8. The van der Waals surface area contributed by atoms with Crippen LogP contribution in [0.1, 0.15) is 93.2 Å². The van der Waals surface area contributed by atoms with Gasteiger partial charge in [-0.2, -0.15) is 0 Å². The minimum absolute atomic E-state index is 0.260. The van der Waals surface area contributed by atoms with Crippen molar-refractivity contribution in [3.63, 3.8) is 0 Å². The van der Waals surface area contributed by atoms with Crippen molar-refractivity contribution in [2.24, 2.45) is 0 Å². The van der Waals surface area contributed by atoms with Crippen molar-refractivity contribution >= 4 is 12.2 Å². The van der Waals surface area contributed by atoms with Crippen LogP contribution < -0.4 is 0 Å². The van der Waals surface area contributed by atoms with Gasteiger partial charge in [0.05, 0.1) is 0 Å². The van der Waals surface area contributed by atoms with Gasteiger partial charge in [-0.05, 0) is 87.4 Å². The fourth-order valence-electron chi connectivity index (χ4n) is 9.38. The van der Waals surface area contributed by atoms with E-state index in [1.807, 2.05) is 0 Å². The zero-order valence-corrected chi connectivity index (χ0v) is 27.3. The van der Waals surface area contributed by atoms with Crippen molar-refractivity contribution < 1.29 is 0 Å². The molecule has 48 heavy (non-hydrogen) atoms. The first-order valence-corrected chi connectivity index (χ1v) is 17.6. The Morgan fingerprint density at radius 2 is 0.792 bits per heavy atom. The molecule has 0 saturated carbocycles. The lowest BCUT2D eigenvalue weighted by atomic mass is 9.52. The zero-order chi connectivity index (χ0) is 32.0. The van der Waals surface area contributed by atoms with Crippen LogP contribution in [0, 0.1) is 0 Å². The standard InChI is InChI=1S/C48H40/c1-5-16-39(17-6-1)47(40-18-7-2-8-19-40)31-32-48(41-20-9-3-10-21-41,42-22-11-4-12-23-42)46-34-44-37(29-30-38(44)33-45(46)47)28-27-36-26-25-35-15-13-14-24-43(35)36/h1-26,29-30,33-34,36-37H,27-28,31-32H2. The quantitative estimate of drug-likeness (QED) is 0.167. The Morgan fingerprint density at radius 3 is 1.29 bits per heavy atom. The molecular formula is C48H40. The molecule has 0 spiro atoms. The van der Waals surface area contributed by atoms with Gasteiger partial charge in [-0.1, -0.05) is 176 Å². The van der Waals surface area contributed by atoms with Crippen LogP contribution in [0.2, 0.25) is 0 Å². The van der Waals surface area contributed by atoms with Gasteiger partial charge in [0, 0.05) is 22.7 Å². The summed E-state index contributed by atoms with van der Waals surface area (Å²) in [7, 11) is 0. The summed E-state index contributed by atoms with van der Waals surface area (Å²) < 4.78 is 0. The largest absolute Gasteiger partial charge is 0.0764 e. The van der Waals surface area contributed by atoms with E-state index in [0.717, 1.165) is 25.7 Å². The van der Waals surface area contributed by atoms with Crippen molar-refractivity contribution in [1.29, 1.82) is 0 Å². The highest BCUT2D eigenvalue weighted by Crippen LogP contribution is 2.58. The summed E-state index contributed by atoms with van der Waals surface area (Å²) in [6.45, 7) is 0. The van der Waals surface area contributed by atoms with Crippen molar-refractivity contribution in [1.82, 2.24) is 0 Å². The molecule has 2 unspecified atom stereocenters. The van der Waals surface area contributed by atoms with E-state index < -0.39 is 0 Å². The van der Waals surface area contributed by atoms with Gasteiger partial charge in [-0.3, -0.25) is 0 Å². The van der Waals surface area contributed by atoms with Gasteiger partial charge in [0.15, 0.2) is 0 Å². The van der Waals surface area contributed by atoms with Gasteiger partial charge in [-0.25, -0.2) is 0 Å². The first-order valence-electron chi connectivity index (χ1n) is 17.6. The molecule has 3 aliphatic carbocycles. The van der Waals surface area contributed by atoms with Crippen molar-refractivity contribution in [3.8, 4) is 0 Å². The van der Waals surface area contributed by atoms with E-state index in [0.29, 0.717) is 11.8 Å². The van der Waals surface area contributed by atoms with E-state index in [-0.39, 0.29) is 10.8 Å². The number of benzene rings is 6. The molecule has 0 radical (unpaired) electrons. The maximum absolute atomic E-state index is 2.65. The predicted octanol–water partition coefficient (Wildman–Crippen LogP) is 11.9. The van der Waals surface area contributed by atoms with Gasteiger partial charge in [0.25, 0.3) is 0 Å². The molecule has 6 aromatic rings. The molecule has 2 atom stereocenters. The number of hydrogen-bond donors (Lipinski definition) is 0. The molecule has 0 heterocycles. The molecule has 0 fully saturated rings. The molecule has 0 aliphatic heterocycles. The number of allylic oxidation sites excluding steroid dienone is 2. The molecule has 9 rings (SSSR count). The first kappa shape index (κ1) is 29.0. The second-order valence-corrected chi connectivity index (χ2v) is 13.9. The summed E-state index contributed by atoms with van der Waals surface area (Å²) in [5.74, 6) is 0.897. The zero-order valence-electron chi connectivity index (χ0n) is 27.3. The lowest BCUT2D eigenvalue weighted by Crippen LogP contribution is -2.43. The molecule has 0 nitrogen and oxygen atoms in total. The lowest BCUT2D eigenvalue weighted by molar-refractivity contribution is 0.406. The van der Waals surface area contributed by atoms with E-state index in [1.165, 1.54) is 55.6 Å². The predicted molar refractivity (Wildman–Crippen MR) is 200 cm³/mol. The maximum Gasteiger partial charge on any atom is 0.0455 e. The highest BCUT2D eigenvalue weighted by Gasteiger charge is 2.50. The fraction of sp³-hybridized carbons (Fsp3) is 0.167. The Hall–Kier alpha value is -5.20. The van der Waals surface area contributed by atoms with E-state index in [9.17, 15) is 0 Å². The van der Waals surface area contributed by atoms with E-state index in [4.69, 9.17) is 0 Å². The van der Waals surface area contributed by atoms with Gasteiger partial charge in [0.2, 0.25) is 0 Å². The van der Waals surface area contributed by atoms with Crippen LogP contribution in [-0.2, 0) is 10.8 Å². The summed E-state index contributed by atoms with van der Waals surface area (Å²) in [4.78, 5) is 0. The van der Waals surface area contributed by atoms with Gasteiger partial charge in [0.1, 0.15) is 0 Å². The summed E-state index contributed by atoms with van der Waals surface area (Å²) in [6, 6.07) is 59.4. The van der Waals surface area contributed by atoms with Crippen molar-refractivity contribution in [3.05, 3.63) is 226 Å². The Bertz CT molecular complexity index is 2040. The molecule has 0 aromatic heterocycles. The molecular weight excluding hydrogens is 577 g/mol. The second-order valence-electron chi connectivity index (χ2n) is 13.9. The minimum Gasteiger partial charge on any atom is -0.0764 e. The van der Waals surface area contributed by atoms with Gasteiger partial charge < -0.3 is 0 Å². The summed E-state index contributed by atoms with van der Waals surface area (Å²) in [6.07, 6.45) is 13.9. The monoisotopic (exact) mass is 616 g/mol. The average Bonchev–Trinajstić information content (AvgIpc) is 3.77. The number of hydrogen-bond acceptors (Lipinski definition) is 0. The second kappa shape index (κ2) is 11.8. The number of fused-ring (bicyclic) bond motifs is 3. The van der Waals surface area contributed by atoms with Crippen molar-refractivity contribution in [2.75, 3.05) is 0 Å². The Morgan fingerprint density at radius 1 is 0.396 bits per heavy atom. The minimum atomic E-state index is -0.264. The molecule has 0 amide bonds. The van der Waals surface area contributed by atoms with Crippen LogP contribution in [0.25, 0.3) is 12.2 Å². The van der Waals surface area contributed by atoms with E-state index >= 15 is 0 Å². The van der Waals surface area contributed by atoms with Crippen LogP contribution in [0.4, 0.5) is 0 Å². The van der Waals surface area contributed by atoms with Crippen LogP contribution in [0.3, 0.4) is 0 Å². The normalized spacial score (nSPS) is 19.4. The molecule has 0 N–H and O–H groups in total. The SMILES string of the molecule is C1=CC(CCC2C=Cc3cc4c(cc32)C(c2ccccc2)(c2ccccc2)CCC4(c2ccccc2)c2ccccc2)c2ccccc21. The molecule has 0 bridgehead atoms. The van der Waals surface area contributed by atoms with E-state index in [1.54, 1.807) is 0 Å². The molecule has 0 heteroatoms. The Labute approximate surface area is 285 Å². The Balaban J connectivity index is 1.26. The van der Waals surface area contributed by atoms with Crippen molar-refractivity contribution in [2.45, 2.75) is 48.3 Å². The average molecular weight is 617 g/mol. The Kier molecular flexibility index (Phi) is 7.12. The molecule has 0 saturated heterocycles. The van der Waals surface area contributed by atoms with Crippen LogP contribution in [0.5, 0.6) is 0 Å². The number of rotatable bonds is 7. The highest BCUT2D eigenvalue weighted by molar-refractivity contribution is 5.71. The highest BCUT2D eigenvalue weighted by atomic mass is 14.5. The molecule has 6 aromatic carbocycles. The summed E-state index contributed by atoms with van der Waals surface area (Å²) >= 11 is 0. The third-order valence-electron chi connectivity index (χ3n) is 11.7. The summed E-state index contributed by atoms with van der Waals surface area (Å²) in [5.41, 5.74) is 13.6. The summed E-state index contributed by atoms with van der Waals surface area (Å²) in [5, 5.41) is 0. The smallest absolute Gasteiger partial charge is 0.0455 e. The van der Waals surface area contributed by atoms with Gasteiger partial charge in [-0.15, -0.1) is 0 Å². The molecule has 232 valence electrons. The van der Waals surface area contributed by atoms with E-state index in [2.05, 4.69) is 182 Å². The topological polar surface area (TPSA) is 0 Å². The molecule has 3 aliphatic rings. The van der Waals surface area contributed by atoms with Crippen LogP contribution in [-0.4, -0.2) is 0 Å². The third-order valence-corrected chi connectivity index (χ3v) is 11.7. The van der Waals surface area contributed by atoms with Crippen LogP contribution in [0.15, 0.2) is 170 Å². The van der Waals surface area contributed by atoms with Crippen LogP contribution >= 0.6 is 0 Å². The maximum atomic E-state index is 2.65. The lowest BCUT2D eigenvalue weighted by Gasteiger charge is -2.50. The third kappa shape index (κ3) is 4.50. The van der Waals surface area contributed by atoms with Gasteiger partial charge >= 0.3 is 0 Å². The fourth-order valence-corrected chi connectivity index (χ4v) is 9.38.